The number of rotatable bonds is 1. The fraction of sp³-hybridized carbons (Fsp3) is 0. The number of aromatic amines is 1. The van der Waals surface area contributed by atoms with E-state index in [4.69, 9.17) is 0 Å². The smallest absolute Gasteiger partial charge is 0.542 e. The van der Waals surface area contributed by atoms with Crippen LogP contribution < -0.4 is 62.1 Å². The Morgan fingerprint density at radius 3 is 2.67 bits per heavy atom. The summed E-state index contributed by atoms with van der Waals surface area (Å²) in [5.74, 6) is -1.94. The quantitative estimate of drug-likeness (QED) is 0.509. The van der Waals surface area contributed by atoms with Crippen LogP contribution in [-0.4, -0.2) is 15.9 Å². The predicted molar refractivity (Wildman–Crippen MR) is 46.7 cm³/mol. The van der Waals surface area contributed by atoms with E-state index in [2.05, 4.69) is 9.97 Å². The van der Waals surface area contributed by atoms with Gasteiger partial charge in [0.1, 0.15) is 5.97 Å². The number of H-pyrrole nitrogens is 1. The second kappa shape index (κ2) is 5.00. The van der Waals surface area contributed by atoms with Gasteiger partial charge >= 0.3 is 51.4 Å². The monoisotopic (exact) mass is 228 g/mol. The third kappa shape index (κ3) is 2.53. The number of hydrogen-bond acceptors (Lipinski definition) is 4. The molecule has 2 aromatic rings. The zero-order valence-corrected chi connectivity index (χ0v) is 11.1. The molecule has 15 heavy (non-hydrogen) atoms. The third-order valence-corrected chi connectivity index (χ3v) is 1.81. The molecule has 0 saturated carbocycles. The Kier molecular flexibility index (Phi) is 4.18. The molecule has 0 spiro atoms. The second-order valence-corrected chi connectivity index (χ2v) is 2.72. The number of carbonyl (C=O) groups is 1. The fourth-order valence-electron chi connectivity index (χ4n) is 1.18. The zero-order chi connectivity index (χ0) is 10.1. The number of carbonyl (C=O) groups excluding carboxylic acids is 1. The van der Waals surface area contributed by atoms with Gasteiger partial charge in [-0.1, -0.05) is 12.1 Å². The van der Waals surface area contributed by atoms with Crippen LogP contribution in [0.4, 0.5) is 0 Å². The van der Waals surface area contributed by atoms with Gasteiger partial charge in [-0.3, -0.25) is 4.79 Å². The summed E-state index contributed by atoms with van der Waals surface area (Å²) in [4.78, 5) is 27.6. The van der Waals surface area contributed by atoms with Crippen molar-refractivity contribution < 1.29 is 61.3 Å². The first-order valence-electron chi connectivity index (χ1n) is 3.89. The van der Waals surface area contributed by atoms with Crippen LogP contribution >= 0.6 is 0 Å². The zero-order valence-electron chi connectivity index (χ0n) is 7.98. The number of carboxylic acid groups (broad SMARTS) is 1. The molecule has 0 unspecified atom stereocenters. The SMILES string of the molecule is O=C([O-])c1nc2ccccc2c(=O)[nH]1.[K+]. The molecular formula is C9H5KN2O3. The first-order chi connectivity index (χ1) is 6.68. The van der Waals surface area contributed by atoms with Crippen molar-refractivity contribution in [1.29, 1.82) is 0 Å². The average molecular weight is 228 g/mol. The van der Waals surface area contributed by atoms with E-state index in [0.717, 1.165) is 0 Å². The molecule has 1 aromatic carbocycles. The van der Waals surface area contributed by atoms with Crippen molar-refractivity contribution in [3.05, 3.63) is 40.4 Å². The molecule has 0 aliphatic carbocycles. The summed E-state index contributed by atoms with van der Waals surface area (Å²) in [7, 11) is 0. The fourth-order valence-corrected chi connectivity index (χ4v) is 1.18. The molecule has 0 aliphatic rings. The van der Waals surface area contributed by atoms with Gasteiger partial charge in [-0.25, -0.2) is 4.98 Å². The molecule has 0 saturated heterocycles. The van der Waals surface area contributed by atoms with Crippen LogP contribution in [-0.2, 0) is 0 Å². The normalized spacial score (nSPS) is 9.60. The minimum Gasteiger partial charge on any atom is -0.542 e. The molecule has 0 radical (unpaired) electrons. The molecule has 5 nitrogen and oxygen atoms in total. The van der Waals surface area contributed by atoms with Crippen LogP contribution in [0.15, 0.2) is 29.1 Å². The summed E-state index contributed by atoms with van der Waals surface area (Å²) < 4.78 is 0. The summed E-state index contributed by atoms with van der Waals surface area (Å²) in [5, 5.41) is 10.8. The number of carboxylic acids is 1. The molecule has 0 aliphatic heterocycles. The van der Waals surface area contributed by atoms with Crippen molar-refractivity contribution in [3.8, 4) is 0 Å². The Hall–Kier alpha value is -0.534. The van der Waals surface area contributed by atoms with Gasteiger partial charge in [-0.2, -0.15) is 0 Å². The van der Waals surface area contributed by atoms with Gasteiger partial charge in [0.25, 0.3) is 5.56 Å². The number of aromatic carboxylic acids is 1. The number of nitrogens with zero attached hydrogens (tertiary/aromatic N) is 1. The van der Waals surface area contributed by atoms with Crippen LogP contribution in [0, 0.1) is 0 Å². The van der Waals surface area contributed by atoms with Gasteiger partial charge in [-0.05, 0) is 12.1 Å². The first-order valence-corrected chi connectivity index (χ1v) is 3.89. The van der Waals surface area contributed by atoms with E-state index in [1.807, 2.05) is 0 Å². The Balaban J connectivity index is 0.00000112. The van der Waals surface area contributed by atoms with Gasteiger partial charge in [0, 0.05) is 0 Å². The number of aromatic nitrogens is 2. The summed E-state index contributed by atoms with van der Waals surface area (Å²) in [6.07, 6.45) is 0. The Morgan fingerprint density at radius 1 is 1.33 bits per heavy atom. The number of nitrogens with one attached hydrogen (secondary N) is 1. The Labute approximate surface area is 127 Å². The maximum Gasteiger partial charge on any atom is 1.00 e. The van der Waals surface area contributed by atoms with Crippen LogP contribution in [0.3, 0.4) is 0 Å². The number of para-hydroxylation sites is 1. The molecule has 6 heteroatoms. The van der Waals surface area contributed by atoms with Gasteiger partial charge < -0.3 is 14.9 Å². The van der Waals surface area contributed by atoms with Gasteiger partial charge in [0.05, 0.1) is 10.9 Å². The summed E-state index contributed by atoms with van der Waals surface area (Å²) in [6.45, 7) is 0. The van der Waals surface area contributed by atoms with Crippen molar-refractivity contribution >= 4 is 16.9 Å². The van der Waals surface area contributed by atoms with Crippen molar-refractivity contribution in [2.75, 3.05) is 0 Å². The van der Waals surface area contributed by atoms with Crippen LogP contribution in [0.5, 0.6) is 0 Å². The molecule has 0 bridgehead atoms. The van der Waals surface area contributed by atoms with Crippen LogP contribution in [0.25, 0.3) is 10.9 Å². The Morgan fingerprint density at radius 2 is 2.00 bits per heavy atom. The largest absolute Gasteiger partial charge is 1.00 e. The summed E-state index contributed by atoms with van der Waals surface area (Å²) >= 11 is 0. The van der Waals surface area contributed by atoms with E-state index in [1.54, 1.807) is 24.3 Å². The first kappa shape index (κ1) is 12.5. The Bertz CT molecular complexity index is 565. The minimum absolute atomic E-state index is 0. The molecule has 1 aromatic heterocycles. The molecule has 0 amide bonds. The van der Waals surface area contributed by atoms with Crippen molar-refractivity contribution in [1.82, 2.24) is 9.97 Å². The minimum atomic E-state index is -1.49. The van der Waals surface area contributed by atoms with E-state index in [-0.39, 0.29) is 51.4 Å². The molecule has 0 fully saturated rings. The number of hydrogen-bond donors (Lipinski definition) is 1. The van der Waals surface area contributed by atoms with E-state index >= 15 is 0 Å². The standard InChI is InChI=1S/C9H6N2O3.K/c12-8-5-3-1-2-4-6(5)10-7(11-8)9(13)14;/h1-4H,(H,13,14)(H,10,11,12);/q;+1/p-1. The van der Waals surface area contributed by atoms with E-state index in [1.165, 1.54) is 0 Å². The summed E-state index contributed by atoms with van der Waals surface area (Å²) in [5.41, 5.74) is -0.134. The van der Waals surface area contributed by atoms with Gasteiger partial charge in [0.15, 0.2) is 5.82 Å². The van der Waals surface area contributed by atoms with E-state index in [0.29, 0.717) is 10.9 Å². The molecule has 1 N–H and O–H groups in total. The predicted octanol–water partition coefficient (Wildman–Crippen LogP) is -3.71. The molecule has 0 atom stereocenters. The topological polar surface area (TPSA) is 85.9 Å². The maximum absolute atomic E-state index is 11.3. The van der Waals surface area contributed by atoms with Crippen molar-refractivity contribution in [3.63, 3.8) is 0 Å². The molecule has 1 heterocycles. The third-order valence-electron chi connectivity index (χ3n) is 1.81. The summed E-state index contributed by atoms with van der Waals surface area (Å²) in [6, 6.07) is 6.49. The second-order valence-electron chi connectivity index (χ2n) is 2.72. The van der Waals surface area contributed by atoms with Crippen LogP contribution in [0.1, 0.15) is 10.6 Å². The maximum atomic E-state index is 11.3. The van der Waals surface area contributed by atoms with Crippen LogP contribution in [0.2, 0.25) is 0 Å². The van der Waals surface area contributed by atoms with Crippen molar-refractivity contribution in [2.24, 2.45) is 0 Å². The number of fused-ring (bicyclic) bond motifs is 1. The van der Waals surface area contributed by atoms with Gasteiger partial charge in [-0.15, -0.1) is 0 Å². The molecule has 70 valence electrons. The number of benzene rings is 1. The molecular weight excluding hydrogens is 223 g/mol. The van der Waals surface area contributed by atoms with Gasteiger partial charge in [0.2, 0.25) is 0 Å². The van der Waals surface area contributed by atoms with E-state index < -0.39 is 17.4 Å². The average Bonchev–Trinajstić information content (AvgIpc) is 2.17. The van der Waals surface area contributed by atoms with Crippen molar-refractivity contribution in [2.45, 2.75) is 0 Å². The van der Waals surface area contributed by atoms with E-state index in [9.17, 15) is 14.7 Å². The molecule has 2 rings (SSSR count).